The highest BCUT2D eigenvalue weighted by Crippen LogP contribution is 2.07. The van der Waals surface area contributed by atoms with E-state index >= 15 is 0 Å². The van der Waals surface area contributed by atoms with Crippen molar-refractivity contribution < 1.29 is 19.1 Å². The maximum absolute atomic E-state index is 11.3. The third-order valence-electron chi connectivity index (χ3n) is 2.08. The van der Waals surface area contributed by atoms with Gasteiger partial charge in [-0.2, -0.15) is 11.8 Å². The van der Waals surface area contributed by atoms with E-state index in [0.29, 0.717) is 38.0 Å². The van der Waals surface area contributed by atoms with Gasteiger partial charge in [-0.25, -0.2) is 0 Å². The summed E-state index contributed by atoms with van der Waals surface area (Å²) in [7, 11) is 0. The SMILES string of the molecule is CC(=O)CCOCCNC(=O)COCCSC(C)C. The third kappa shape index (κ3) is 15.4. The molecule has 1 amide bonds. The zero-order valence-electron chi connectivity index (χ0n) is 12.1. The number of hydrogen-bond donors (Lipinski definition) is 1. The van der Waals surface area contributed by atoms with Crippen LogP contribution in [0, 0.1) is 0 Å². The summed E-state index contributed by atoms with van der Waals surface area (Å²) in [4.78, 5) is 22.0. The van der Waals surface area contributed by atoms with Crippen LogP contribution in [0.15, 0.2) is 0 Å². The van der Waals surface area contributed by atoms with E-state index in [1.54, 1.807) is 0 Å². The number of rotatable bonds is 12. The van der Waals surface area contributed by atoms with Crippen LogP contribution in [0.3, 0.4) is 0 Å². The fraction of sp³-hybridized carbons (Fsp3) is 0.846. The number of Topliss-reactive ketones (excluding diaryl/α,β-unsaturated/α-hetero) is 1. The molecule has 112 valence electrons. The van der Waals surface area contributed by atoms with Crippen LogP contribution in [0.1, 0.15) is 27.2 Å². The van der Waals surface area contributed by atoms with Crippen LogP contribution in [0.4, 0.5) is 0 Å². The van der Waals surface area contributed by atoms with Gasteiger partial charge in [-0.15, -0.1) is 0 Å². The summed E-state index contributed by atoms with van der Waals surface area (Å²) >= 11 is 1.81. The van der Waals surface area contributed by atoms with E-state index < -0.39 is 0 Å². The third-order valence-corrected chi connectivity index (χ3v) is 3.15. The summed E-state index contributed by atoms with van der Waals surface area (Å²) in [5, 5.41) is 3.28. The Kier molecular flexibility index (Phi) is 12.1. The molecule has 0 unspecified atom stereocenters. The first-order valence-corrected chi connectivity index (χ1v) is 7.60. The van der Waals surface area contributed by atoms with Gasteiger partial charge in [0.1, 0.15) is 12.4 Å². The highest BCUT2D eigenvalue weighted by Gasteiger charge is 2.01. The summed E-state index contributed by atoms with van der Waals surface area (Å²) in [5.74, 6) is 0.875. The second-order valence-electron chi connectivity index (χ2n) is 4.39. The van der Waals surface area contributed by atoms with Crippen LogP contribution in [0.5, 0.6) is 0 Å². The van der Waals surface area contributed by atoms with Crippen molar-refractivity contribution in [2.75, 3.05) is 38.7 Å². The molecule has 0 heterocycles. The molecule has 0 fully saturated rings. The molecule has 0 aromatic heterocycles. The van der Waals surface area contributed by atoms with Gasteiger partial charge >= 0.3 is 0 Å². The van der Waals surface area contributed by atoms with E-state index in [2.05, 4.69) is 19.2 Å². The summed E-state index contributed by atoms with van der Waals surface area (Å²) in [6, 6.07) is 0. The lowest BCUT2D eigenvalue weighted by Crippen LogP contribution is -2.31. The molecule has 0 rings (SSSR count). The Morgan fingerprint density at radius 2 is 1.89 bits per heavy atom. The summed E-state index contributed by atoms with van der Waals surface area (Å²) in [6.45, 7) is 7.74. The molecular formula is C13H25NO4S. The summed E-state index contributed by atoms with van der Waals surface area (Å²) in [6.07, 6.45) is 0.421. The summed E-state index contributed by atoms with van der Waals surface area (Å²) in [5.41, 5.74) is 0. The predicted octanol–water partition coefficient (Wildman–Crippen LogP) is 1.26. The van der Waals surface area contributed by atoms with Gasteiger partial charge < -0.3 is 14.8 Å². The van der Waals surface area contributed by atoms with E-state index in [4.69, 9.17) is 9.47 Å². The minimum Gasteiger partial charge on any atom is -0.379 e. The lowest BCUT2D eigenvalue weighted by atomic mass is 10.3. The van der Waals surface area contributed by atoms with Gasteiger partial charge in [0.15, 0.2) is 0 Å². The van der Waals surface area contributed by atoms with Crippen LogP contribution in [-0.2, 0) is 19.1 Å². The number of nitrogens with one attached hydrogen (secondary N) is 1. The van der Waals surface area contributed by atoms with Gasteiger partial charge in [0.25, 0.3) is 0 Å². The number of hydrogen-bond acceptors (Lipinski definition) is 5. The predicted molar refractivity (Wildman–Crippen MR) is 77.5 cm³/mol. The van der Waals surface area contributed by atoms with E-state index in [-0.39, 0.29) is 18.3 Å². The Balaban J connectivity index is 3.23. The number of amides is 1. The van der Waals surface area contributed by atoms with Gasteiger partial charge in [0.2, 0.25) is 5.91 Å². The van der Waals surface area contributed by atoms with Crippen LogP contribution < -0.4 is 5.32 Å². The van der Waals surface area contributed by atoms with Gasteiger partial charge in [-0.1, -0.05) is 13.8 Å². The molecule has 0 radical (unpaired) electrons. The highest BCUT2D eigenvalue weighted by molar-refractivity contribution is 7.99. The van der Waals surface area contributed by atoms with Crippen LogP contribution in [-0.4, -0.2) is 55.7 Å². The van der Waals surface area contributed by atoms with E-state index in [9.17, 15) is 9.59 Å². The van der Waals surface area contributed by atoms with E-state index in [1.165, 1.54) is 6.92 Å². The van der Waals surface area contributed by atoms with Gasteiger partial charge in [-0.05, 0) is 12.2 Å². The smallest absolute Gasteiger partial charge is 0.246 e. The van der Waals surface area contributed by atoms with Gasteiger partial charge in [-0.3, -0.25) is 9.59 Å². The first-order valence-electron chi connectivity index (χ1n) is 6.55. The minimum absolute atomic E-state index is 0.0894. The number of ether oxygens (including phenoxy) is 2. The van der Waals surface area contributed by atoms with Crippen molar-refractivity contribution in [3.8, 4) is 0 Å². The van der Waals surface area contributed by atoms with Gasteiger partial charge in [0, 0.05) is 18.7 Å². The van der Waals surface area contributed by atoms with Crippen molar-refractivity contribution in [1.82, 2.24) is 5.32 Å². The fourth-order valence-electron chi connectivity index (χ4n) is 1.14. The Labute approximate surface area is 119 Å². The molecule has 0 aromatic carbocycles. The van der Waals surface area contributed by atoms with Crippen molar-refractivity contribution in [2.24, 2.45) is 0 Å². The monoisotopic (exact) mass is 291 g/mol. The largest absolute Gasteiger partial charge is 0.379 e. The van der Waals surface area contributed by atoms with Crippen molar-refractivity contribution in [3.05, 3.63) is 0 Å². The molecule has 0 aliphatic heterocycles. The molecule has 0 bridgehead atoms. The first-order chi connectivity index (χ1) is 9.02. The van der Waals surface area contributed by atoms with Crippen molar-refractivity contribution >= 4 is 23.5 Å². The molecule has 0 saturated carbocycles. The van der Waals surface area contributed by atoms with Gasteiger partial charge in [0.05, 0.1) is 19.8 Å². The maximum atomic E-state index is 11.3. The Morgan fingerprint density at radius 3 is 2.53 bits per heavy atom. The number of ketones is 1. The lowest BCUT2D eigenvalue weighted by Gasteiger charge is -2.07. The van der Waals surface area contributed by atoms with Crippen molar-refractivity contribution in [3.63, 3.8) is 0 Å². The Hall–Kier alpha value is -0.590. The molecule has 0 aliphatic rings. The average Bonchev–Trinajstić information content (AvgIpc) is 2.32. The topological polar surface area (TPSA) is 64.6 Å². The van der Waals surface area contributed by atoms with Crippen molar-refractivity contribution in [1.29, 1.82) is 0 Å². The molecule has 0 aliphatic carbocycles. The number of carbonyl (C=O) groups excluding carboxylic acids is 2. The number of carbonyl (C=O) groups is 2. The molecule has 19 heavy (non-hydrogen) atoms. The van der Waals surface area contributed by atoms with Crippen molar-refractivity contribution in [2.45, 2.75) is 32.4 Å². The van der Waals surface area contributed by atoms with E-state index in [0.717, 1.165) is 5.75 Å². The zero-order chi connectivity index (χ0) is 14.5. The second-order valence-corrected chi connectivity index (χ2v) is 6.07. The molecule has 6 heteroatoms. The zero-order valence-corrected chi connectivity index (χ0v) is 12.9. The second kappa shape index (κ2) is 12.4. The molecule has 0 spiro atoms. The van der Waals surface area contributed by atoms with Crippen LogP contribution in [0.2, 0.25) is 0 Å². The summed E-state index contributed by atoms with van der Waals surface area (Å²) < 4.78 is 10.4. The molecule has 1 N–H and O–H groups in total. The fourth-order valence-corrected chi connectivity index (χ4v) is 1.82. The van der Waals surface area contributed by atoms with Crippen LogP contribution >= 0.6 is 11.8 Å². The highest BCUT2D eigenvalue weighted by atomic mass is 32.2. The number of thioether (sulfide) groups is 1. The minimum atomic E-state index is -0.135. The molecule has 0 aromatic rings. The average molecular weight is 291 g/mol. The Bertz CT molecular complexity index is 259. The standard InChI is InChI=1S/C13H25NO4S/c1-11(2)19-9-8-18-10-13(16)14-5-7-17-6-4-12(3)15/h11H,4-10H2,1-3H3,(H,14,16). The molecular weight excluding hydrogens is 266 g/mol. The lowest BCUT2D eigenvalue weighted by molar-refractivity contribution is -0.126. The quantitative estimate of drug-likeness (QED) is 0.548. The molecule has 0 atom stereocenters. The first kappa shape index (κ1) is 18.4. The van der Waals surface area contributed by atoms with E-state index in [1.807, 2.05) is 11.8 Å². The maximum Gasteiger partial charge on any atom is 0.246 e. The molecule has 0 saturated heterocycles. The normalized spacial score (nSPS) is 10.7. The van der Waals surface area contributed by atoms with Crippen LogP contribution in [0.25, 0.3) is 0 Å². The Morgan fingerprint density at radius 1 is 1.16 bits per heavy atom. The molecule has 5 nitrogen and oxygen atoms in total.